The van der Waals surface area contributed by atoms with Crippen LogP contribution in [0.5, 0.6) is 0 Å². The maximum absolute atomic E-state index is 9.95. The van der Waals surface area contributed by atoms with Crippen LogP contribution in [0.15, 0.2) is 0 Å². The van der Waals surface area contributed by atoms with E-state index >= 15 is 0 Å². The van der Waals surface area contributed by atoms with E-state index in [1.807, 2.05) is 0 Å². The quantitative estimate of drug-likeness (QED) is 0.682. The summed E-state index contributed by atoms with van der Waals surface area (Å²) in [6.45, 7) is 6.06. The van der Waals surface area contributed by atoms with Gasteiger partial charge < -0.3 is 15.3 Å². The predicted octanol–water partition coefficient (Wildman–Crippen LogP) is 2.78. The first-order valence-electron chi connectivity index (χ1n) is 8.74. The van der Waals surface area contributed by atoms with Crippen molar-refractivity contribution in [2.75, 3.05) is 20.2 Å². The van der Waals surface area contributed by atoms with Gasteiger partial charge in [0.1, 0.15) is 0 Å². The summed E-state index contributed by atoms with van der Waals surface area (Å²) in [5.41, 5.74) is 0.0376. The molecule has 2 saturated carbocycles. The Morgan fingerprint density at radius 3 is 2.50 bits per heavy atom. The molecule has 2 rings (SSSR count). The minimum atomic E-state index is 0.0376. The summed E-state index contributed by atoms with van der Waals surface area (Å²) in [5, 5.41) is 13.7. The average molecular weight is 282 g/mol. The highest BCUT2D eigenvalue weighted by atomic mass is 16.3. The molecule has 0 spiro atoms. The molecule has 2 aliphatic carbocycles. The molecule has 118 valence electrons. The van der Waals surface area contributed by atoms with Gasteiger partial charge in [0.25, 0.3) is 0 Å². The van der Waals surface area contributed by atoms with Gasteiger partial charge in [-0.1, -0.05) is 20.3 Å². The fourth-order valence-electron chi connectivity index (χ4n) is 4.10. The van der Waals surface area contributed by atoms with Crippen molar-refractivity contribution in [2.45, 2.75) is 82.8 Å². The smallest absolute Gasteiger partial charge is 0.0616 e. The minimum absolute atomic E-state index is 0.0376. The third-order valence-electron chi connectivity index (χ3n) is 5.70. The Balaban J connectivity index is 1.86. The lowest BCUT2D eigenvalue weighted by Crippen LogP contribution is -2.53. The van der Waals surface area contributed by atoms with Gasteiger partial charge in [-0.25, -0.2) is 0 Å². The van der Waals surface area contributed by atoms with Gasteiger partial charge in [-0.2, -0.15) is 0 Å². The molecular formula is C17H34N2O. The first kappa shape index (κ1) is 16.3. The molecule has 0 aromatic carbocycles. The Morgan fingerprint density at radius 1 is 1.25 bits per heavy atom. The lowest BCUT2D eigenvalue weighted by Gasteiger charge is -2.37. The number of nitrogens with one attached hydrogen (secondary N) is 1. The zero-order valence-corrected chi connectivity index (χ0v) is 13.7. The standard InChI is InChI=1S/C17H34N2O/c1-4-16(5-2)19(3)12-10-14-7-6-11-17(14,13-20)18-15-8-9-15/h14-16,18,20H,4-13H2,1-3H3. The number of aliphatic hydroxyl groups excluding tert-OH is 1. The van der Waals surface area contributed by atoms with E-state index < -0.39 is 0 Å². The van der Waals surface area contributed by atoms with Gasteiger partial charge in [0.15, 0.2) is 0 Å². The molecule has 2 N–H and O–H groups in total. The van der Waals surface area contributed by atoms with Crippen molar-refractivity contribution in [1.82, 2.24) is 10.2 Å². The van der Waals surface area contributed by atoms with Crippen molar-refractivity contribution in [1.29, 1.82) is 0 Å². The predicted molar refractivity (Wildman–Crippen MR) is 84.9 cm³/mol. The second kappa shape index (κ2) is 7.24. The van der Waals surface area contributed by atoms with Gasteiger partial charge in [-0.15, -0.1) is 0 Å². The van der Waals surface area contributed by atoms with E-state index in [-0.39, 0.29) is 5.54 Å². The highest BCUT2D eigenvalue weighted by molar-refractivity contribution is 5.03. The first-order chi connectivity index (χ1) is 9.65. The summed E-state index contributed by atoms with van der Waals surface area (Å²) >= 11 is 0. The molecule has 0 aliphatic heterocycles. The van der Waals surface area contributed by atoms with E-state index in [9.17, 15) is 5.11 Å². The molecule has 3 heteroatoms. The van der Waals surface area contributed by atoms with E-state index in [0.29, 0.717) is 18.6 Å². The van der Waals surface area contributed by atoms with Gasteiger partial charge in [-0.05, 0) is 64.5 Å². The lowest BCUT2D eigenvalue weighted by atomic mass is 9.84. The summed E-state index contributed by atoms with van der Waals surface area (Å²) in [6.07, 6.45) is 10.1. The summed E-state index contributed by atoms with van der Waals surface area (Å²) < 4.78 is 0. The molecule has 0 saturated heterocycles. The molecular weight excluding hydrogens is 248 g/mol. The van der Waals surface area contributed by atoms with Gasteiger partial charge in [0, 0.05) is 17.6 Å². The highest BCUT2D eigenvalue weighted by Gasteiger charge is 2.44. The number of hydrogen-bond donors (Lipinski definition) is 2. The van der Waals surface area contributed by atoms with E-state index in [2.05, 4.69) is 31.1 Å². The number of nitrogens with zero attached hydrogens (tertiary/aromatic N) is 1. The van der Waals surface area contributed by atoms with Crippen molar-refractivity contribution in [3.8, 4) is 0 Å². The monoisotopic (exact) mass is 282 g/mol. The maximum Gasteiger partial charge on any atom is 0.0616 e. The van der Waals surface area contributed by atoms with Crippen LogP contribution < -0.4 is 5.32 Å². The average Bonchev–Trinajstić information content (AvgIpc) is 3.17. The molecule has 2 unspecified atom stereocenters. The number of hydrogen-bond acceptors (Lipinski definition) is 3. The molecule has 0 heterocycles. The van der Waals surface area contributed by atoms with Crippen LogP contribution in [0.3, 0.4) is 0 Å². The summed E-state index contributed by atoms with van der Waals surface area (Å²) in [7, 11) is 2.27. The molecule has 0 aromatic rings. The van der Waals surface area contributed by atoms with Crippen LogP contribution >= 0.6 is 0 Å². The van der Waals surface area contributed by atoms with Crippen molar-refractivity contribution in [3.63, 3.8) is 0 Å². The van der Waals surface area contributed by atoms with Crippen molar-refractivity contribution in [3.05, 3.63) is 0 Å². The Bertz CT molecular complexity index is 289. The van der Waals surface area contributed by atoms with Crippen LogP contribution in [0.25, 0.3) is 0 Å². The molecule has 2 aliphatic rings. The molecule has 0 bridgehead atoms. The Labute approximate surface area is 125 Å². The number of rotatable bonds is 9. The van der Waals surface area contributed by atoms with E-state index in [0.717, 1.165) is 6.04 Å². The van der Waals surface area contributed by atoms with E-state index in [1.54, 1.807) is 0 Å². The van der Waals surface area contributed by atoms with Gasteiger partial charge in [0.2, 0.25) is 0 Å². The molecule has 2 fully saturated rings. The third kappa shape index (κ3) is 3.75. The lowest BCUT2D eigenvalue weighted by molar-refractivity contribution is 0.106. The topological polar surface area (TPSA) is 35.5 Å². The second-order valence-corrected chi connectivity index (χ2v) is 7.06. The normalized spacial score (nSPS) is 30.6. The van der Waals surface area contributed by atoms with Crippen molar-refractivity contribution in [2.24, 2.45) is 5.92 Å². The van der Waals surface area contributed by atoms with E-state index in [1.165, 1.54) is 57.9 Å². The van der Waals surface area contributed by atoms with Gasteiger partial charge in [0.05, 0.1) is 6.61 Å². The molecule has 0 amide bonds. The van der Waals surface area contributed by atoms with Crippen LogP contribution in [0.1, 0.15) is 65.2 Å². The minimum Gasteiger partial charge on any atom is -0.394 e. The Kier molecular flexibility index (Phi) is 5.88. The summed E-state index contributed by atoms with van der Waals surface area (Å²) in [5.74, 6) is 0.657. The van der Waals surface area contributed by atoms with Crippen LogP contribution in [0, 0.1) is 5.92 Å². The summed E-state index contributed by atoms with van der Waals surface area (Å²) in [4.78, 5) is 2.53. The highest BCUT2D eigenvalue weighted by Crippen LogP contribution is 2.40. The molecule has 2 atom stereocenters. The second-order valence-electron chi connectivity index (χ2n) is 7.06. The van der Waals surface area contributed by atoms with Gasteiger partial charge >= 0.3 is 0 Å². The maximum atomic E-state index is 9.95. The largest absolute Gasteiger partial charge is 0.394 e. The SMILES string of the molecule is CCC(CC)N(C)CCC1CCCC1(CO)NC1CC1. The van der Waals surface area contributed by atoms with Crippen LogP contribution in [0.4, 0.5) is 0 Å². The Hall–Kier alpha value is -0.120. The first-order valence-corrected chi connectivity index (χ1v) is 8.74. The molecule has 20 heavy (non-hydrogen) atoms. The van der Waals surface area contributed by atoms with Crippen LogP contribution in [-0.4, -0.2) is 47.8 Å². The number of aliphatic hydroxyl groups is 1. The fourth-order valence-corrected chi connectivity index (χ4v) is 4.10. The molecule has 3 nitrogen and oxygen atoms in total. The van der Waals surface area contributed by atoms with E-state index in [4.69, 9.17) is 0 Å². The van der Waals surface area contributed by atoms with Gasteiger partial charge in [-0.3, -0.25) is 0 Å². The zero-order valence-electron chi connectivity index (χ0n) is 13.7. The van der Waals surface area contributed by atoms with Crippen molar-refractivity contribution < 1.29 is 5.11 Å². The molecule has 0 aromatic heterocycles. The fraction of sp³-hybridized carbons (Fsp3) is 1.00. The Morgan fingerprint density at radius 2 is 1.95 bits per heavy atom. The third-order valence-corrected chi connectivity index (χ3v) is 5.70. The van der Waals surface area contributed by atoms with Crippen molar-refractivity contribution >= 4 is 0 Å². The zero-order chi connectivity index (χ0) is 14.6. The summed E-state index contributed by atoms with van der Waals surface area (Å²) in [6, 6.07) is 1.41. The van der Waals surface area contributed by atoms with Crippen LogP contribution in [-0.2, 0) is 0 Å². The van der Waals surface area contributed by atoms with Crippen LogP contribution in [0.2, 0.25) is 0 Å². The molecule has 0 radical (unpaired) electrons.